The molecule has 0 aliphatic rings. The van der Waals surface area contributed by atoms with Crippen molar-refractivity contribution >= 4 is 27.6 Å². The quantitative estimate of drug-likeness (QED) is 0.811. The SMILES string of the molecule is COCC(C)Nc1ccc(Br)nc1C(=O)O. The number of carboxylic acid groups (broad SMARTS) is 1. The third-order valence-corrected chi connectivity index (χ3v) is 2.32. The molecule has 88 valence electrons. The smallest absolute Gasteiger partial charge is 0.356 e. The Hall–Kier alpha value is -1.14. The van der Waals surface area contributed by atoms with Gasteiger partial charge in [-0.2, -0.15) is 0 Å². The first-order valence-corrected chi connectivity index (χ1v) is 5.49. The van der Waals surface area contributed by atoms with Gasteiger partial charge in [0.2, 0.25) is 0 Å². The van der Waals surface area contributed by atoms with Crippen molar-refractivity contribution in [2.75, 3.05) is 19.0 Å². The number of anilines is 1. The lowest BCUT2D eigenvalue weighted by molar-refractivity contribution is 0.0691. The Labute approximate surface area is 102 Å². The number of hydrogen-bond acceptors (Lipinski definition) is 4. The number of hydrogen-bond donors (Lipinski definition) is 2. The number of halogens is 1. The Kier molecular flexibility index (Phi) is 4.70. The fourth-order valence-electron chi connectivity index (χ4n) is 1.27. The Balaban J connectivity index is 2.90. The molecule has 1 aromatic heterocycles. The number of aromatic carboxylic acids is 1. The van der Waals surface area contributed by atoms with Gasteiger partial charge >= 0.3 is 5.97 Å². The zero-order valence-electron chi connectivity index (χ0n) is 9.03. The van der Waals surface area contributed by atoms with E-state index in [1.165, 1.54) is 0 Å². The number of rotatable bonds is 5. The number of nitrogens with zero attached hydrogens (tertiary/aromatic N) is 1. The lowest BCUT2D eigenvalue weighted by Gasteiger charge is -2.15. The van der Waals surface area contributed by atoms with Gasteiger partial charge in [0.15, 0.2) is 5.69 Å². The second kappa shape index (κ2) is 5.81. The molecule has 5 nitrogen and oxygen atoms in total. The van der Waals surface area contributed by atoms with E-state index in [1.807, 2.05) is 6.92 Å². The first-order valence-electron chi connectivity index (χ1n) is 4.70. The molecule has 1 rings (SSSR count). The molecule has 0 bridgehead atoms. The average Bonchev–Trinajstić information content (AvgIpc) is 2.20. The van der Waals surface area contributed by atoms with E-state index in [-0.39, 0.29) is 11.7 Å². The van der Waals surface area contributed by atoms with Gasteiger partial charge < -0.3 is 15.2 Å². The third-order valence-electron chi connectivity index (χ3n) is 1.88. The summed E-state index contributed by atoms with van der Waals surface area (Å²) in [6.07, 6.45) is 0. The van der Waals surface area contributed by atoms with E-state index < -0.39 is 5.97 Å². The summed E-state index contributed by atoms with van der Waals surface area (Å²) in [5.74, 6) is -1.06. The molecule has 6 heteroatoms. The summed E-state index contributed by atoms with van der Waals surface area (Å²) in [7, 11) is 1.59. The Morgan fingerprint density at radius 2 is 2.38 bits per heavy atom. The maximum Gasteiger partial charge on any atom is 0.356 e. The number of aromatic nitrogens is 1. The number of methoxy groups -OCH3 is 1. The average molecular weight is 289 g/mol. The van der Waals surface area contributed by atoms with E-state index in [9.17, 15) is 4.79 Å². The summed E-state index contributed by atoms with van der Waals surface area (Å²) in [6.45, 7) is 2.40. The van der Waals surface area contributed by atoms with Gasteiger partial charge in [-0.25, -0.2) is 9.78 Å². The Bertz CT molecular complexity index is 384. The van der Waals surface area contributed by atoms with Crippen molar-refractivity contribution in [3.8, 4) is 0 Å². The molecule has 1 aromatic rings. The van der Waals surface area contributed by atoms with Crippen LogP contribution in [0.3, 0.4) is 0 Å². The minimum atomic E-state index is -1.06. The van der Waals surface area contributed by atoms with Crippen molar-refractivity contribution in [1.29, 1.82) is 0 Å². The topological polar surface area (TPSA) is 71.5 Å². The normalized spacial score (nSPS) is 12.2. The summed E-state index contributed by atoms with van der Waals surface area (Å²) in [5.41, 5.74) is 0.484. The fraction of sp³-hybridized carbons (Fsp3) is 0.400. The number of carbonyl (C=O) groups is 1. The van der Waals surface area contributed by atoms with Crippen LogP contribution >= 0.6 is 15.9 Å². The van der Waals surface area contributed by atoms with Crippen LogP contribution in [0.4, 0.5) is 5.69 Å². The van der Waals surface area contributed by atoms with Crippen LogP contribution < -0.4 is 5.32 Å². The fourth-order valence-corrected chi connectivity index (χ4v) is 1.58. The molecule has 0 amide bonds. The molecular formula is C10H13BrN2O3. The van der Waals surface area contributed by atoms with E-state index >= 15 is 0 Å². The van der Waals surface area contributed by atoms with Gasteiger partial charge in [0.25, 0.3) is 0 Å². The van der Waals surface area contributed by atoms with Crippen LogP contribution in [0.25, 0.3) is 0 Å². The summed E-state index contributed by atoms with van der Waals surface area (Å²) < 4.78 is 5.46. The molecular weight excluding hydrogens is 276 g/mol. The molecule has 0 spiro atoms. The largest absolute Gasteiger partial charge is 0.476 e. The van der Waals surface area contributed by atoms with Gasteiger partial charge in [-0.05, 0) is 35.0 Å². The number of carboxylic acids is 1. The highest BCUT2D eigenvalue weighted by Gasteiger charge is 2.14. The number of nitrogens with one attached hydrogen (secondary N) is 1. The van der Waals surface area contributed by atoms with E-state index in [0.717, 1.165) is 0 Å². The predicted octanol–water partition coefficient (Wildman–Crippen LogP) is 1.99. The molecule has 0 saturated heterocycles. The molecule has 2 N–H and O–H groups in total. The minimum Gasteiger partial charge on any atom is -0.476 e. The minimum absolute atomic E-state index is 0.00247. The van der Waals surface area contributed by atoms with Gasteiger partial charge in [-0.1, -0.05) is 0 Å². The van der Waals surface area contributed by atoms with Gasteiger partial charge in [0.1, 0.15) is 4.60 Å². The highest BCUT2D eigenvalue weighted by atomic mass is 79.9. The van der Waals surface area contributed by atoms with E-state index in [0.29, 0.717) is 16.9 Å². The van der Waals surface area contributed by atoms with E-state index in [4.69, 9.17) is 9.84 Å². The zero-order chi connectivity index (χ0) is 12.1. The zero-order valence-corrected chi connectivity index (χ0v) is 10.6. The molecule has 0 saturated carbocycles. The summed E-state index contributed by atoms with van der Waals surface area (Å²) in [5, 5.41) is 12.0. The van der Waals surface area contributed by atoms with E-state index in [1.54, 1.807) is 19.2 Å². The monoisotopic (exact) mass is 288 g/mol. The maximum absolute atomic E-state index is 11.0. The lowest BCUT2D eigenvalue weighted by atomic mass is 10.2. The van der Waals surface area contributed by atoms with Gasteiger partial charge in [-0.3, -0.25) is 0 Å². The van der Waals surface area contributed by atoms with Crippen LogP contribution in [-0.2, 0) is 4.74 Å². The summed E-state index contributed by atoms with van der Waals surface area (Å²) in [6, 6.07) is 3.38. The van der Waals surface area contributed by atoms with Crippen LogP contribution in [0.2, 0.25) is 0 Å². The molecule has 16 heavy (non-hydrogen) atoms. The Morgan fingerprint density at radius 1 is 1.69 bits per heavy atom. The lowest BCUT2D eigenvalue weighted by Crippen LogP contribution is -2.22. The van der Waals surface area contributed by atoms with Gasteiger partial charge in [-0.15, -0.1) is 0 Å². The number of ether oxygens (including phenoxy) is 1. The highest BCUT2D eigenvalue weighted by molar-refractivity contribution is 9.10. The van der Waals surface area contributed by atoms with Crippen LogP contribution in [-0.4, -0.2) is 35.8 Å². The van der Waals surface area contributed by atoms with Crippen molar-refractivity contribution in [2.45, 2.75) is 13.0 Å². The van der Waals surface area contributed by atoms with Crippen LogP contribution in [0.5, 0.6) is 0 Å². The predicted molar refractivity (Wildman–Crippen MR) is 63.9 cm³/mol. The second-order valence-electron chi connectivity index (χ2n) is 3.34. The van der Waals surface area contributed by atoms with Crippen molar-refractivity contribution < 1.29 is 14.6 Å². The van der Waals surface area contributed by atoms with Crippen LogP contribution in [0.1, 0.15) is 17.4 Å². The first kappa shape index (κ1) is 12.9. The van der Waals surface area contributed by atoms with Crippen molar-refractivity contribution in [2.24, 2.45) is 0 Å². The first-order chi connectivity index (χ1) is 7.54. The molecule has 0 aliphatic heterocycles. The molecule has 1 heterocycles. The molecule has 0 fully saturated rings. The van der Waals surface area contributed by atoms with Crippen molar-refractivity contribution in [3.05, 3.63) is 22.4 Å². The van der Waals surface area contributed by atoms with E-state index in [2.05, 4.69) is 26.2 Å². The Morgan fingerprint density at radius 3 is 2.94 bits per heavy atom. The molecule has 1 unspecified atom stereocenters. The molecule has 0 aliphatic carbocycles. The maximum atomic E-state index is 11.0. The second-order valence-corrected chi connectivity index (χ2v) is 4.15. The molecule has 0 aromatic carbocycles. The van der Waals surface area contributed by atoms with Crippen molar-refractivity contribution in [1.82, 2.24) is 4.98 Å². The van der Waals surface area contributed by atoms with Crippen molar-refractivity contribution in [3.63, 3.8) is 0 Å². The van der Waals surface area contributed by atoms with Gasteiger partial charge in [0, 0.05) is 13.2 Å². The molecule has 0 radical (unpaired) electrons. The standard InChI is InChI=1S/C10H13BrN2O3/c1-6(5-16-2)12-7-3-4-8(11)13-9(7)10(14)15/h3-4,6,12H,5H2,1-2H3,(H,14,15). The highest BCUT2D eigenvalue weighted by Crippen LogP contribution is 2.18. The summed E-state index contributed by atoms with van der Waals surface area (Å²) in [4.78, 5) is 14.9. The number of pyridine rings is 1. The van der Waals surface area contributed by atoms with Crippen LogP contribution in [0.15, 0.2) is 16.7 Å². The third kappa shape index (κ3) is 3.46. The molecule has 1 atom stereocenters. The van der Waals surface area contributed by atoms with Gasteiger partial charge in [0.05, 0.1) is 12.3 Å². The summed E-state index contributed by atoms with van der Waals surface area (Å²) >= 11 is 3.13. The van der Waals surface area contributed by atoms with Crippen LogP contribution in [0, 0.1) is 0 Å².